The smallest absolute Gasteiger partial charge is 0.200 e. The number of carbonyl (C=O) groups excluding carboxylic acids is 1. The fourth-order valence-electron chi connectivity index (χ4n) is 3.47. The molecule has 0 bridgehead atoms. The number of ether oxygens (including phenoxy) is 1. The standard InChI is InChI=1S/C22H21NO5/c1-14(24)15-2-4-16(5-3-15)19-13-28-22-17(21(19)26)6-7-20(25)18(22)12-23-8-10-27-11-9-23/h2-7,13,25H,8-12H2,1H3. The van der Waals surface area contributed by atoms with Gasteiger partial charge in [0.25, 0.3) is 0 Å². The summed E-state index contributed by atoms with van der Waals surface area (Å²) in [4.78, 5) is 26.7. The molecule has 1 saturated heterocycles. The van der Waals surface area contributed by atoms with Crippen molar-refractivity contribution in [2.75, 3.05) is 26.3 Å². The van der Waals surface area contributed by atoms with Gasteiger partial charge in [-0.05, 0) is 24.6 Å². The van der Waals surface area contributed by atoms with E-state index in [4.69, 9.17) is 9.15 Å². The van der Waals surface area contributed by atoms with Crippen molar-refractivity contribution in [2.45, 2.75) is 13.5 Å². The number of phenols is 1. The van der Waals surface area contributed by atoms with E-state index in [1.54, 1.807) is 30.3 Å². The Bertz CT molecular complexity index is 1080. The number of phenolic OH excluding ortho intramolecular Hbond substituents is 1. The molecule has 0 atom stereocenters. The highest BCUT2D eigenvalue weighted by molar-refractivity contribution is 5.94. The summed E-state index contributed by atoms with van der Waals surface area (Å²) in [6.45, 7) is 4.82. The summed E-state index contributed by atoms with van der Waals surface area (Å²) in [6.07, 6.45) is 1.43. The van der Waals surface area contributed by atoms with Gasteiger partial charge in [-0.1, -0.05) is 24.3 Å². The molecular formula is C22H21NO5. The van der Waals surface area contributed by atoms with Crippen molar-refractivity contribution in [3.05, 3.63) is 64.0 Å². The fraction of sp³-hybridized carbons (Fsp3) is 0.273. The molecule has 144 valence electrons. The van der Waals surface area contributed by atoms with Crippen molar-refractivity contribution < 1.29 is 19.1 Å². The minimum atomic E-state index is -0.167. The summed E-state index contributed by atoms with van der Waals surface area (Å²) in [5.41, 5.74) is 2.54. The summed E-state index contributed by atoms with van der Waals surface area (Å²) in [7, 11) is 0. The molecule has 0 amide bonds. The van der Waals surface area contributed by atoms with E-state index in [0.29, 0.717) is 53.0 Å². The van der Waals surface area contributed by atoms with Crippen LogP contribution < -0.4 is 5.43 Å². The van der Waals surface area contributed by atoms with Crippen LogP contribution in [-0.2, 0) is 11.3 Å². The van der Waals surface area contributed by atoms with Crippen LogP contribution >= 0.6 is 0 Å². The predicted octanol–water partition coefficient (Wildman–Crippen LogP) is 3.20. The highest BCUT2D eigenvalue weighted by Gasteiger charge is 2.19. The van der Waals surface area contributed by atoms with Crippen molar-refractivity contribution in [3.8, 4) is 16.9 Å². The van der Waals surface area contributed by atoms with Crippen molar-refractivity contribution in [1.29, 1.82) is 0 Å². The Labute approximate surface area is 162 Å². The first-order valence-corrected chi connectivity index (χ1v) is 9.22. The van der Waals surface area contributed by atoms with Crippen LogP contribution in [0.2, 0.25) is 0 Å². The van der Waals surface area contributed by atoms with Crippen LogP contribution in [0.3, 0.4) is 0 Å². The van der Waals surface area contributed by atoms with Gasteiger partial charge in [-0.2, -0.15) is 0 Å². The first-order valence-electron chi connectivity index (χ1n) is 9.22. The van der Waals surface area contributed by atoms with Crippen LogP contribution in [0.25, 0.3) is 22.1 Å². The third-order valence-electron chi connectivity index (χ3n) is 5.11. The van der Waals surface area contributed by atoms with Gasteiger partial charge in [0.1, 0.15) is 17.6 Å². The first-order chi connectivity index (χ1) is 13.5. The Morgan fingerprint density at radius 3 is 2.50 bits per heavy atom. The molecule has 0 aliphatic carbocycles. The second-order valence-corrected chi connectivity index (χ2v) is 6.94. The maximum atomic E-state index is 13.1. The van der Waals surface area contributed by atoms with Gasteiger partial charge >= 0.3 is 0 Å². The number of morpholine rings is 1. The molecule has 0 saturated carbocycles. The molecule has 1 N–H and O–H groups in total. The lowest BCUT2D eigenvalue weighted by atomic mass is 10.0. The Kier molecular flexibility index (Phi) is 4.98. The Morgan fingerprint density at radius 1 is 1.11 bits per heavy atom. The molecule has 1 aliphatic heterocycles. The lowest BCUT2D eigenvalue weighted by Gasteiger charge is -2.27. The molecule has 2 heterocycles. The van der Waals surface area contributed by atoms with Gasteiger partial charge in [-0.25, -0.2) is 0 Å². The van der Waals surface area contributed by atoms with Crippen molar-refractivity contribution >= 4 is 16.8 Å². The van der Waals surface area contributed by atoms with Crippen LogP contribution in [0, 0.1) is 0 Å². The van der Waals surface area contributed by atoms with Gasteiger partial charge in [0.05, 0.1) is 29.7 Å². The monoisotopic (exact) mass is 379 g/mol. The van der Waals surface area contributed by atoms with E-state index in [1.807, 2.05) is 0 Å². The maximum Gasteiger partial charge on any atom is 0.200 e. The molecule has 4 rings (SSSR count). The summed E-state index contributed by atoms with van der Waals surface area (Å²) in [5.74, 6) is 0.0843. The van der Waals surface area contributed by atoms with Crippen molar-refractivity contribution in [2.24, 2.45) is 0 Å². The average molecular weight is 379 g/mol. The van der Waals surface area contributed by atoms with Gasteiger partial charge in [0, 0.05) is 25.2 Å². The number of ketones is 1. The third kappa shape index (κ3) is 3.44. The summed E-state index contributed by atoms with van der Waals surface area (Å²) >= 11 is 0. The zero-order chi connectivity index (χ0) is 19.7. The molecule has 28 heavy (non-hydrogen) atoms. The fourth-order valence-corrected chi connectivity index (χ4v) is 3.47. The van der Waals surface area contributed by atoms with E-state index in [1.165, 1.54) is 19.3 Å². The van der Waals surface area contributed by atoms with Crippen LogP contribution in [-0.4, -0.2) is 42.1 Å². The van der Waals surface area contributed by atoms with Gasteiger partial charge in [-0.15, -0.1) is 0 Å². The number of fused-ring (bicyclic) bond motifs is 1. The normalized spacial score (nSPS) is 15.0. The van der Waals surface area contributed by atoms with Crippen LogP contribution in [0.1, 0.15) is 22.8 Å². The molecular weight excluding hydrogens is 358 g/mol. The molecule has 0 radical (unpaired) electrons. The number of Topliss-reactive ketones (excluding diaryl/α,β-unsaturated/α-hetero) is 1. The molecule has 6 heteroatoms. The highest BCUT2D eigenvalue weighted by Crippen LogP contribution is 2.29. The molecule has 1 aliphatic rings. The minimum Gasteiger partial charge on any atom is -0.507 e. The Morgan fingerprint density at radius 2 is 1.82 bits per heavy atom. The van der Waals surface area contributed by atoms with Gasteiger partial charge in [0.2, 0.25) is 5.43 Å². The lowest BCUT2D eigenvalue weighted by Crippen LogP contribution is -2.35. The lowest BCUT2D eigenvalue weighted by molar-refractivity contribution is 0.0339. The highest BCUT2D eigenvalue weighted by atomic mass is 16.5. The van der Waals surface area contributed by atoms with E-state index in [2.05, 4.69) is 4.90 Å². The Balaban J connectivity index is 1.76. The number of rotatable bonds is 4. The van der Waals surface area contributed by atoms with E-state index < -0.39 is 0 Å². The van der Waals surface area contributed by atoms with Crippen molar-refractivity contribution in [3.63, 3.8) is 0 Å². The number of carbonyl (C=O) groups is 1. The quantitative estimate of drug-likeness (QED) is 0.701. The molecule has 1 fully saturated rings. The van der Waals surface area contributed by atoms with E-state index in [-0.39, 0.29) is 17.0 Å². The summed E-state index contributed by atoms with van der Waals surface area (Å²) in [5, 5.41) is 10.8. The van der Waals surface area contributed by atoms with Crippen LogP contribution in [0.15, 0.2) is 51.9 Å². The van der Waals surface area contributed by atoms with Crippen molar-refractivity contribution in [1.82, 2.24) is 4.90 Å². The van der Waals surface area contributed by atoms with E-state index >= 15 is 0 Å². The molecule has 2 aromatic carbocycles. The topological polar surface area (TPSA) is 80.0 Å². The molecule has 1 aromatic heterocycles. The molecule has 0 unspecified atom stereocenters. The number of hydrogen-bond acceptors (Lipinski definition) is 6. The second-order valence-electron chi connectivity index (χ2n) is 6.94. The third-order valence-corrected chi connectivity index (χ3v) is 5.11. The molecule has 6 nitrogen and oxygen atoms in total. The minimum absolute atomic E-state index is 0.0275. The SMILES string of the molecule is CC(=O)c1ccc(-c2coc3c(CN4CCOCC4)c(O)ccc3c2=O)cc1. The number of aromatic hydroxyl groups is 1. The number of nitrogens with zero attached hydrogens (tertiary/aromatic N) is 1. The maximum absolute atomic E-state index is 13.1. The van der Waals surface area contributed by atoms with Gasteiger partial charge < -0.3 is 14.3 Å². The first kappa shape index (κ1) is 18.4. The number of hydrogen-bond donors (Lipinski definition) is 1. The van der Waals surface area contributed by atoms with Crippen LogP contribution in [0.4, 0.5) is 0 Å². The molecule has 0 spiro atoms. The predicted molar refractivity (Wildman–Crippen MR) is 106 cm³/mol. The summed E-state index contributed by atoms with van der Waals surface area (Å²) in [6, 6.07) is 10.0. The number of benzene rings is 2. The summed E-state index contributed by atoms with van der Waals surface area (Å²) < 4.78 is 11.2. The molecule has 3 aromatic rings. The zero-order valence-electron chi connectivity index (χ0n) is 15.6. The average Bonchev–Trinajstić information content (AvgIpc) is 2.71. The second kappa shape index (κ2) is 7.58. The zero-order valence-corrected chi connectivity index (χ0v) is 15.6. The Hall–Kier alpha value is -2.96. The van der Waals surface area contributed by atoms with Gasteiger partial charge in [-0.3, -0.25) is 14.5 Å². The van der Waals surface area contributed by atoms with Gasteiger partial charge in [0.15, 0.2) is 5.78 Å². The van der Waals surface area contributed by atoms with Crippen LogP contribution in [0.5, 0.6) is 5.75 Å². The van der Waals surface area contributed by atoms with E-state index in [0.717, 1.165) is 13.1 Å². The van der Waals surface area contributed by atoms with E-state index in [9.17, 15) is 14.7 Å². The largest absolute Gasteiger partial charge is 0.507 e.